The second-order valence-electron chi connectivity index (χ2n) is 8.72. The largest absolute Gasteiger partial charge is 0.439 e. The fourth-order valence-electron chi connectivity index (χ4n) is 3.77. The normalized spacial score (nSPS) is 12.8. The number of aromatic nitrogens is 3. The third kappa shape index (κ3) is 4.64. The number of benzene rings is 2. The van der Waals surface area contributed by atoms with Crippen molar-refractivity contribution in [2.45, 2.75) is 45.5 Å². The van der Waals surface area contributed by atoms with Gasteiger partial charge in [-0.25, -0.2) is 9.97 Å². The first-order valence-corrected chi connectivity index (χ1v) is 9.92. The van der Waals surface area contributed by atoms with E-state index in [0.29, 0.717) is 17.5 Å². The number of hydrogen-bond acceptors (Lipinski definition) is 3. The molecule has 0 unspecified atom stereocenters. The number of fused-ring (bicyclic) bond motifs is 1. The van der Waals surface area contributed by atoms with Crippen molar-refractivity contribution in [3.63, 3.8) is 0 Å². The molecule has 11 heteroatoms. The maximum Gasteiger partial charge on any atom is 0.418 e. The van der Waals surface area contributed by atoms with Gasteiger partial charge in [-0.1, -0.05) is 39.0 Å². The van der Waals surface area contributed by atoms with Crippen LogP contribution < -0.4 is 0 Å². The molecule has 0 aliphatic heterocycles. The molecule has 2 aromatic heterocycles. The van der Waals surface area contributed by atoms with E-state index in [-0.39, 0.29) is 46.2 Å². The molecule has 182 valence electrons. The first kappa shape index (κ1) is 25.6. The highest BCUT2D eigenvalue weighted by Crippen LogP contribution is 2.42. The van der Waals surface area contributed by atoms with Gasteiger partial charge in [-0.05, 0) is 36.2 Å². The Kier molecular flexibility index (Phi) is 6.28. The lowest BCUT2D eigenvalue weighted by molar-refractivity contribution is -0.137. The average Bonchev–Trinajstić information content (AvgIpc) is 3.28. The monoisotopic (exact) mass is 503 g/mol. The van der Waals surface area contributed by atoms with Gasteiger partial charge in [0.05, 0.1) is 22.3 Å². The molecule has 34 heavy (non-hydrogen) atoms. The summed E-state index contributed by atoms with van der Waals surface area (Å²) in [6, 6.07) is 6.37. The third-order valence-electron chi connectivity index (χ3n) is 5.15. The number of aromatic amines is 1. The number of halogens is 7. The first-order chi connectivity index (χ1) is 15.2. The lowest BCUT2D eigenvalue weighted by Gasteiger charge is -2.15. The molecule has 4 aromatic rings. The van der Waals surface area contributed by atoms with Crippen molar-refractivity contribution in [1.82, 2.24) is 15.0 Å². The van der Waals surface area contributed by atoms with E-state index in [9.17, 15) is 26.3 Å². The van der Waals surface area contributed by atoms with Crippen LogP contribution in [0.15, 0.2) is 40.8 Å². The van der Waals surface area contributed by atoms with E-state index in [1.165, 1.54) is 18.2 Å². The smallest absolute Gasteiger partial charge is 0.418 e. The molecule has 0 saturated heterocycles. The van der Waals surface area contributed by atoms with Gasteiger partial charge in [0.25, 0.3) is 5.89 Å². The minimum absolute atomic E-state index is 0. The zero-order valence-corrected chi connectivity index (χ0v) is 19.3. The van der Waals surface area contributed by atoms with Crippen molar-refractivity contribution in [1.29, 1.82) is 0 Å². The van der Waals surface area contributed by atoms with Crippen LogP contribution in [0.4, 0.5) is 26.3 Å². The SMILES string of the molecule is Cc1oc(-c2nc3c(C(F)(F)F)cc(-c4ccccc4C(F)(F)F)cc3[nH]2)nc1C(C)(C)C.Cl. The van der Waals surface area contributed by atoms with E-state index in [1.54, 1.807) is 6.92 Å². The molecule has 0 spiro atoms. The summed E-state index contributed by atoms with van der Waals surface area (Å²) in [4.78, 5) is 11.1. The van der Waals surface area contributed by atoms with Crippen LogP contribution in [0.5, 0.6) is 0 Å². The summed E-state index contributed by atoms with van der Waals surface area (Å²) in [5, 5.41) is 0. The van der Waals surface area contributed by atoms with Gasteiger partial charge in [-0.15, -0.1) is 12.4 Å². The Morgan fingerprint density at radius 3 is 2.03 bits per heavy atom. The fourth-order valence-corrected chi connectivity index (χ4v) is 3.77. The molecular weight excluding hydrogens is 484 g/mol. The van der Waals surface area contributed by atoms with Gasteiger partial charge in [0, 0.05) is 5.41 Å². The van der Waals surface area contributed by atoms with Crippen LogP contribution in [0, 0.1) is 6.92 Å². The Morgan fingerprint density at radius 2 is 1.47 bits per heavy atom. The Labute approximate surface area is 196 Å². The third-order valence-corrected chi connectivity index (χ3v) is 5.15. The lowest BCUT2D eigenvalue weighted by Crippen LogP contribution is -2.13. The zero-order chi connectivity index (χ0) is 24.3. The summed E-state index contributed by atoms with van der Waals surface area (Å²) in [5.74, 6) is 0.447. The summed E-state index contributed by atoms with van der Waals surface area (Å²) in [6.45, 7) is 7.41. The number of hydrogen-bond donors (Lipinski definition) is 1. The highest BCUT2D eigenvalue weighted by Gasteiger charge is 2.37. The molecule has 0 aliphatic carbocycles. The van der Waals surface area contributed by atoms with Gasteiger partial charge >= 0.3 is 12.4 Å². The maximum atomic E-state index is 13.9. The number of alkyl halides is 6. The molecule has 0 bridgehead atoms. The van der Waals surface area contributed by atoms with Gasteiger partial charge in [0.1, 0.15) is 11.3 Å². The summed E-state index contributed by atoms with van der Waals surface area (Å²) in [6.07, 6.45) is -9.58. The van der Waals surface area contributed by atoms with Crippen molar-refractivity contribution in [3.8, 4) is 22.8 Å². The van der Waals surface area contributed by atoms with Gasteiger partial charge in [0.15, 0.2) is 5.82 Å². The minimum atomic E-state index is -4.85. The number of oxazole rings is 1. The zero-order valence-electron chi connectivity index (χ0n) is 18.4. The molecule has 4 rings (SSSR count). The van der Waals surface area contributed by atoms with Crippen LogP contribution in [0.25, 0.3) is 33.9 Å². The Morgan fingerprint density at radius 1 is 0.853 bits per heavy atom. The topological polar surface area (TPSA) is 54.7 Å². The van der Waals surface area contributed by atoms with Crippen LogP contribution in [0.2, 0.25) is 0 Å². The molecule has 0 atom stereocenters. The van der Waals surface area contributed by atoms with Crippen molar-refractivity contribution in [2.24, 2.45) is 0 Å². The molecule has 0 fully saturated rings. The highest BCUT2D eigenvalue weighted by molar-refractivity contribution is 5.88. The molecule has 0 radical (unpaired) electrons. The molecule has 2 aromatic carbocycles. The van der Waals surface area contributed by atoms with Crippen LogP contribution in [-0.4, -0.2) is 15.0 Å². The Hall–Kier alpha value is -3.01. The van der Waals surface area contributed by atoms with E-state index in [2.05, 4.69) is 15.0 Å². The predicted octanol–water partition coefficient (Wildman–Crippen LogP) is 7.95. The number of aryl methyl sites for hydroxylation is 1. The summed E-state index contributed by atoms with van der Waals surface area (Å²) in [7, 11) is 0. The van der Waals surface area contributed by atoms with Gasteiger partial charge in [0.2, 0.25) is 0 Å². The molecule has 0 saturated carbocycles. The van der Waals surface area contributed by atoms with E-state index < -0.39 is 29.0 Å². The second kappa shape index (κ2) is 8.33. The number of H-pyrrole nitrogens is 1. The molecule has 2 heterocycles. The Bertz CT molecular complexity index is 1350. The second-order valence-corrected chi connectivity index (χ2v) is 8.72. The highest BCUT2D eigenvalue weighted by atomic mass is 35.5. The summed E-state index contributed by atoms with van der Waals surface area (Å²) < 4.78 is 87.7. The molecular formula is C23H20ClF6N3O. The number of imidazole rings is 1. The quantitative estimate of drug-likeness (QED) is 0.282. The average molecular weight is 504 g/mol. The van der Waals surface area contributed by atoms with Crippen LogP contribution in [-0.2, 0) is 17.8 Å². The van der Waals surface area contributed by atoms with E-state index in [4.69, 9.17) is 4.42 Å². The van der Waals surface area contributed by atoms with Gasteiger partial charge in [-0.3, -0.25) is 0 Å². The van der Waals surface area contributed by atoms with Gasteiger partial charge in [-0.2, -0.15) is 26.3 Å². The Balaban J connectivity index is 0.00000324. The predicted molar refractivity (Wildman–Crippen MR) is 118 cm³/mol. The summed E-state index contributed by atoms with van der Waals surface area (Å²) >= 11 is 0. The standard InChI is InChI=1S/C23H19F6N3O.ClH/c1-11-18(21(2,3)4)32-20(33-11)19-30-16-10-12(9-15(17(16)31-19)23(27,28)29)13-7-5-6-8-14(13)22(24,25)26;/h5-10H,1-4H3,(H,30,31);1H. The van der Waals surface area contributed by atoms with Crippen molar-refractivity contribution in [3.05, 3.63) is 59.0 Å². The first-order valence-electron chi connectivity index (χ1n) is 9.92. The molecule has 0 amide bonds. The van der Waals surface area contributed by atoms with Gasteiger partial charge < -0.3 is 9.40 Å². The van der Waals surface area contributed by atoms with E-state index in [1.807, 2.05) is 20.8 Å². The lowest BCUT2D eigenvalue weighted by atomic mass is 9.91. The minimum Gasteiger partial charge on any atom is -0.439 e. The van der Waals surface area contributed by atoms with Crippen molar-refractivity contribution < 1.29 is 30.8 Å². The molecule has 4 nitrogen and oxygen atoms in total. The summed E-state index contributed by atoms with van der Waals surface area (Å²) in [5.41, 5.74) is -3.06. The van der Waals surface area contributed by atoms with Crippen LogP contribution in [0.3, 0.4) is 0 Å². The van der Waals surface area contributed by atoms with Crippen molar-refractivity contribution in [2.75, 3.05) is 0 Å². The van der Waals surface area contributed by atoms with E-state index in [0.717, 1.165) is 12.1 Å². The van der Waals surface area contributed by atoms with Crippen LogP contribution in [0.1, 0.15) is 43.4 Å². The number of rotatable bonds is 2. The number of nitrogens with one attached hydrogen (secondary N) is 1. The van der Waals surface area contributed by atoms with Crippen molar-refractivity contribution >= 4 is 23.4 Å². The van der Waals surface area contributed by atoms with Crippen LogP contribution >= 0.6 is 12.4 Å². The molecule has 1 N–H and O–H groups in total. The number of nitrogens with zero attached hydrogens (tertiary/aromatic N) is 2. The van der Waals surface area contributed by atoms with E-state index >= 15 is 0 Å². The maximum absolute atomic E-state index is 13.9. The molecule has 0 aliphatic rings. The fraction of sp³-hybridized carbons (Fsp3) is 0.304.